The van der Waals surface area contributed by atoms with Crippen molar-refractivity contribution in [1.82, 2.24) is 9.88 Å². The molecular formula is C67H102ClN5O8. The topological polar surface area (TPSA) is 185 Å². The van der Waals surface area contributed by atoms with E-state index in [9.17, 15) is 19.2 Å². The van der Waals surface area contributed by atoms with Crippen LogP contribution >= 0.6 is 11.6 Å². The number of rotatable bonds is 18. The van der Waals surface area contributed by atoms with Crippen LogP contribution in [0.1, 0.15) is 185 Å². The molecule has 1 heterocycles. The molecule has 2 aromatic rings. The Morgan fingerprint density at radius 3 is 1.56 bits per heavy atom. The Labute approximate surface area is 490 Å². The van der Waals surface area contributed by atoms with Gasteiger partial charge in [0.15, 0.2) is 0 Å². The average Bonchev–Trinajstić information content (AvgIpc) is 2.80. The first-order valence-electron chi connectivity index (χ1n) is 32.2. The quantitative estimate of drug-likeness (QED) is 0.0947. The van der Waals surface area contributed by atoms with E-state index in [0.29, 0.717) is 52.4 Å². The number of nitrogens with two attached hydrogens (primary N) is 2. The largest absolute Gasteiger partial charge is 0.462 e. The number of carbonyl (C=O) groups is 4. The minimum Gasteiger partial charge on any atom is -0.462 e. The third-order valence-electron chi connectivity index (χ3n) is 25.0. The SMILES string of the molecule is CC(=O)O[C@H]1CC2C(C3CC[C@H](C(C)CCCN(CCCC(C)[C@H]4CCC5C6C(C[C@H](OC(C)=O)[C@@]54C)[C@@]4(C)CC[C@@H](N)C[C@H]4C[C@H]6OC(C)=O)CCNc4ccnc5cc(Cl)ccc45)[C@]31C)[C@H](OC(C)=O)C[C@@H]1C[C@H](N)CC[C@]21C. The highest BCUT2D eigenvalue weighted by Gasteiger charge is 2.69. The number of hydrogen-bond donors (Lipinski definition) is 3. The number of carbonyl (C=O) groups excluding carboxylic acids is 4. The summed E-state index contributed by atoms with van der Waals surface area (Å²) >= 11 is 6.39. The number of esters is 4. The first-order valence-corrected chi connectivity index (χ1v) is 32.5. The van der Waals surface area contributed by atoms with Crippen molar-refractivity contribution in [2.45, 2.75) is 221 Å². The molecule has 8 saturated carbocycles. The molecule has 0 aliphatic heterocycles. The van der Waals surface area contributed by atoms with E-state index in [4.69, 9.17) is 42.0 Å². The Hall–Kier alpha value is -3.52. The van der Waals surface area contributed by atoms with Gasteiger partial charge in [0.1, 0.15) is 24.4 Å². The highest BCUT2D eigenvalue weighted by molar-refractivity contribution is 6.31. The van der Waals surface area contributed by atoms with E-state index in [1.807, 2.05) is 24.4 Å². The molecule has 0 bridgehead atoms. The Morgan fingerprint density at radius 1 is 0.630 bits per heavy atom. The molecular weight excluding hydrogens is 1040 g/mol. The highest BCUT2D eigenvalue weighted by Crippen LogP contribution is 2.71. The third kappa shape index (κ3) is 11.6. The maximum atomic E-state index is 13.1. The van der Waals surface area contributed by atoms with Crippen LogP contribution in [0.3, 0.4) is 0 Å². The van der Waals surface area contributed by atoms with Crippen LogP contribution in [-0.4, -0.2) is 96.4 Å². The molecule has 8 unspecified atom stereocenters. The van der Waals surface area contributed by atoms with E-state index in [-0.39, 0.29) is 106 Å². The van der Waals surface area contributed by atoms with Crippen molar-refractivity contribution in [2.24, 2.45) is 104 Å². The van der Waals surface area contributed by atoms with Crippen LogP contribution in [0, 0.1) is 92.7 Å². The van der Waals surface area contributed by atoms with Crippen LogP contribution in [0.4, 0.5) is 5.69 Å². The van der Waals surface area contributed by atoms with Crippen LogP contribution in [0.25, 0.3) is 10.9 Å². The summed E-state index contributed by atoms with van der Waals surface area (Å²) < 4.78 is 25.8. The number of nitrogens with one attached hydrogen (secondary N) is 1. The predicted molar refractivity (Wildman–Crippen MR) is 319 cm³/mol. The Kier molecular flexibility index (Phi) is 18.0. The van der Waals surface area contributed by atoms with Crippen molar-refractivity contribution in [3.8, 4) is 0 Å². The van der Waals surface area contributed by atoms with E-state index in [0.717, 1.165) is 158 Å². The van der Waals surface area contributed by atoms with Gasteiger partial charge in [-0.25, -0.2) is 0 Å². The average molecular weight is 1140 g/mol. The van der Waals surface area contributed by atoms with Crippen LogP contribution in [0.2, 0.25) is 5.02 Å². The summed E-state index contributed by atoms with van der Waals surface area (Å²) in [5.41, 5.74) is 14.9. The maximum absolute atomic E-state index is 13.1. The fourth-order valence-corrected chi connectivity index (χ4v) is 21.5. The summed E-state index contributed by atoms with van der Waals surface area (Å²) in [5, 5.41) is 5.50. The number of ether oxygens (including phenoxy) is 4. The van der Waals surface area contributed by atoms with Gasteiger partial charge in [0.2, 0.25) is 0 Å². The zero-order valence-corrected chi connectivity index (χ0v) is 51.8. The summed E-state index contributed by atoms with van der Waals surface area (Å²) in [6.07, 6.45) is 19.1. The van der Waals surface area contributed by atoms with E-state index in [2.05, 4.69) is 62.8 Å². The number of fused-ring (bicyclic) bond motifs is 11. The molecule has 0 radical (unpaired) electrons. The Morgan fingerprint density at radius 2 is 1.10 bits per heavy atom. The Balaban J connectivity index is 0.845. The zero-order chi connectivity index (χ0) is 57.9. The van der Waals surface area contributed by atoms with E-state index in [1.54, 1.807) is 27.7 Å². The van der Waals surface area contributed by atoms with Crippen molar-refractivity contribution in [2.75, 3.05) is 31.5 Å². The van der Waals surface area contributed by atoms with E-state index in [1.165, 1.54) is 0 Å². The summed E-state index contributed by atoms with van der Waals surface area (Å²) in [7, 11) is 0. The summed E-state index contributed by atoms with van der Waals surface area (Å²) in [5.74, 6) is 3.13. The van der Waals surface area contributed by atoms with Crippen molar-refractivity contribution >= 4 is 52.1 Å². The lowest BCUT2D eigenvalue weighted by Gasteiger charge is -2.64. The molecule has 0 saturated heterocycles. The summed E-state index contributed by atoms with van der Waals surface area (Å²) in [6, 6.07) is 8.29. The molecule has 10 rings (SSSR count). The highest BCUT2D eigenvalue weighted by atomic mass is 35.5. The smallest absolute Gasteiger partial charge is 0.302 e. The van der Waals surface area contributed by atoms with Gasteiger partial charge in [-0.1, -0.05) is 53.1 Å². The van der Waals surface area contributed by atoms with Crippen molar-refractivity contribution < 1.29 is 38.1 Å². The van der Waals surface area contributed by atoms with Gasteiger partial charge in [-0.05, 0) is 223 Å². The first-order chi connectivity index (χ1) is 38.4. The van der Waals surface area contributed by atoms with Gasteiger partial charge >= 0.3 is 23.9 Å². The number of aromatic nitrogens is 1. The number of nitrogens with zero attached hydrogens (tertiary/aromatic N) is 2. The maximum Gasteiger partial charge on any atom is 0.302 e. The molecule has 450 valence electrons. The molecule has 0 spiro atoms. The number of hydrogen-bond acceptors (Lipinski definition) is 13. The minimum atomic E-state index is -0.234. The molecule has 1 aromatic carbocycles. The van der Waals surface area contributed by atoms with Gasteiger partial charge in [0.05, 0.1) is 5.52 Å². The lowest BCUT2D eigenvalue weighted by Crippen LogP contribution is -2.63. The molecule has 8 aliphatic rings. The molecule has 8 aliphatic carbocycles. The van der Waals surface area contributed by atoms with Crippen molar-refractivity contribution in [3.05, 3.63) is 35.5 Å². The van der Waals surface area contributed by atoms with Crippen LogP contribution in [0.5, 0.6) is 0 Å². The molecule has 22 atom stereocenters. The monoisotopic (exact) mass is 1140 g/mol. The lowest BCUT2D eigenvalue weighted by atomic mass is 9.43. The molecule has 1 aromatic heterocycles. The number of pyridine rings is 1. The molecule has 8 fully saturated rings. The standard InChI is InChI=1S/C67H102ClN5O8/c1-38(50-17-19-52-62-54(36-60(66(50,52)9)80-42(5)76)64(7)24-21-47(69)31-44(64)33-58(62)78-40(3)74)13-11-28-73(30-27-72-56-23-26-71-57-35-46(68)15-16-49(56)57)29-12-14-39(2)51-18-20-53-63-55(37-61(67(51,53)10)81-43(6)77)65(8)25-22-48(70)32-45(65)34-59(63)79-41(4)75/h15-16,23,26,35,38-39,44-45,47-48,50-55,58-63H,11-14,17-22,24-25,27-34,36-37,69-70H2,1-10H3,(H,71,72)/t38?,39?,44-,45-,47+,48+,50+,51+,52?,53?,54?,55?,58+,59+,60-,61-,62?,63?,64-,65-,66+,67+/m0/s1. The molecule has 14 heteroatoms. The summed E-state index contributed by atoms with van der Waals surface area (Å²) in [6.45, 7) is 24.6. The number of halogens is 1. The van der Waals surface area contributed by atoms with Gasteiger partial charge in [0.25, 0.3) is 0 Å². The normalized spacial score (nSPS) is 41.3. The van der Waals surface area contributed by atoms with Gasteiger partial charge in [-0.15, -0.1) is 0 Å². The van der Waals surface area contributed by atoms with Gasteiger partial charge < -0.3 is 40.6 Å². The third-order valence-corrected chi connectivity index (χ3v) is 25.3. The van der Waals surface area contributed by atoms with Crippen LogP contribution < -0.4 is 16.8 Å². The molecule has 13 nitrogen and oxygen atoms in total. The van der Waals surface area contributed by atoms with E-state index >= 15 is 0 Å². The van der Waals surface area contributed by atoms with Gasteiger partial charge in [-0.2, -0.15) is 0 Å². The summed E-state index contributed by atoms with van der Waals surface area (Å²) in [4.78, 5) is 59.2. The van der Waals surface area contributed by atoms with Crippen molar-refractivity contribution in [3.63, 3.8) is 0 Å². The second-order valence-corrected chi connectivity index (χ2v) is 29.6. The molecule has 5 N–H and O–H groups in total. The second kappa shape index (κ2) is 24.1. The zero-order valence-electron chi connectivity index (χ0n) is 51.0. The van der Waals surface area contributed by atoms with Gasteiger partial charge in [0, 0.05) is 97.8 Å². The van der Waals surface area contributed by atoms with Crippen LogP contribution in [0.15, 0.2) is 30.5 Å². The Bertz CT molecular complexity index is 2480. The second-order valence-electron chi connectivity index (χ2n) is 29.1. The number of anilines is 1. The fourth-order valence-electron chi connectivity index (χ4n) is 21.3. The fraction of sp³-hybridized carbons (Fsp3) is 0.806. The number of benzene rings is 1. The van der Waals surface area contributed by atoms with Crippen molar-refractivity contribution in [1.29, 1.82) is 0 Å². The molecule has 0 amide bonds. The van der Waals surface area contributed by atoms with Gasteiger partial charge in [-0.3, -0.25) is 24.2 Å². The predicted octanol–water partition coefficient (Wildman–Crippen LogP) is 12.6. The first kappa shape index (κ1) is 60.6. The van der Waals surface area contributed by atoms with Crippen LogP contribution in [-0.2, 0) is 38.1 Å². The lowest BCUT2D eigenvalue weighted by molar-refractivity contribution is -0.221. The van der Waals surface area contributed by atoms with E-state index < -0.39 is 0 Å². The molecule has 81 heavy (non-hydrogen) atoms. The minimum absolute atomic E-state index is 0.0660.